The van der Waals surface area contributed by atoms with Crippen molar-refractivity contribution in [2.45, 2.75) is 13.0 Å². The standard InChI is InChI=1S/C12H11BrN6/c1-7(11-16-6-17-19-11)18-12-9-3-2-8(13)4-10(9)14-5-15-12/h2-7H,1H3,(H,14,15,18)(H,16,17,19). The SMILES string of the molecule is CC(Nc1ncnc2cc(Br)ccc12)c1ncn[nH]1. The molecule has 0 aliphatic heterocycles. The minimum Gasteiger partial charge on any atom is -0.360 e. The molecule has 96 valence electrons. The molecule has 2 aromatic heterocycles. The second-order valence-corrected chi connectivity index (χ2v) is 5.04. The number of anilines is 1. The topological polar surface area (TPSA) is 79.4 Å². The number of hydrogen-bond acceptors (Lipinski definition) is 5. The minimum absolute atomic E-state index is 0.00996. The van der Waals surface area contributed by atoms with Crippen molar-refractivity contribution in [1.82, 2.24) is 25.1 Å². The van der Waals surface area contributed by atoms with Crippen LogP contribution in [0.1, 0.15) is 18.8 Å². The van der Waals surface area contributed by atoms with Crippen LogP contribution in [0.5, 0.6) is 0 Å². The normalized spacial score (nSPS) is 12.5. The maximum atomic E-state index is 4.29. The van der Waals surface area contributed by atoms with Crippen LogP contribution in [0, 0.1) is 0 Å². The lowest BCUT2D eigenvalue weighted by molar-refractivity contribution is 0.791. The van der Waals surface area contributed by atoms with Crippen LogP contribution in [0.25, 0.3) is 10.9 Å². The van der Waals surface area contributed by atoms with Gasteiger partial charge in [0, 0.05) is 9.86 Å². The van der Waals surface area contributed by atoms with Gasteiger partial charge < -0.3 is 5.32 Å². The molecule has 1 aromatic carbocycles. The summed E-state index contributed by atoms with van der Waals surface area (Å²) in [5, 5.41) is 11.0. The summed E-state index contributed by atoms with van der Waals surface area (Å²) >= 11 is 3.44. The van der Waals surface area contributed by atoms with Crippen LogP contribution in [-0.4, -0.2) is 25.1 Å². The van der Waals surface area contributed by atoms with Crippen molar-refractivity contribution in [3.63, 3.8) is 0 Å². The summed E-state index contributed by atoms with van der Waals surface area (Å²) in [5.41, 5.74) is 0.886. The molecule has 7 heteroatoms. The predicted octanol–water partition coefficient (Wildman–Crippen LogP) is 2.68. The molecule has 3 aromatic rings. The highest BCUT2D eigenvalue weighted by molar-refractivity contribution is 9.10. The molecular weight excluding hydrogens is 308 g/mol. The molecule has 1 unspecified atom stereocenters. The first-order chi connectivity index (χ1) is 9.24. The maximum absolute atomic E-state index is 4.29. The van der Waals surface area contributed by atoms with E-state index in [1.807, 2.05) is 25.1 Å². The van der Waals surface area contributed by atoms with Crippen LogP contribution in [0.4, 0.5) is 5.82 Å². The number of nitrogens with one attached hydrogen (secondary N) is 2. The Balaban J connectivity index is 1.97. The van der Waals surface area contributed by atoms with E-state index < -0.39 is 0 Å². The Morgan fingerprint density at radius 1 is 1.21 bits per heavy atom. The van der Waals surface area contributed by atoms with E-state index in [1.54, 1.807) is 6.33 Å². The van der Waals surface area contributed by atoms with Crippen LogP contribution in [-0.2, 0) is 0 Å². The van der Waals surface area contributed by atoms with Gasteiger partial charge in [0.2, 0.25) is 0 Å². The quantitative estimate of drug-likeness (QED) is 0.776. The van der Waals surface area contributed by atoms with Crippen molar-refractivity contribution >= 4 is 32.7 Å². The molecule has 2 N–H and O–H groups in total. The van der Waals surface area contributed by atoms with Gasteiger partial charge in [-0.3, -0.25) is 5.10 Å². The smallest absolute Gasteiger partial charge is 0.146 e. The van der Waals surface area contributed by atoms with Crippen molar-refractivity contribution in [1.29, 1.82) is 0 Å². The number of fused-ring (bicyclic) bond motifs is 1. The number of benzene rings is 1. The monoisotopic (exact) mass is 318 g/mol. The molecule has 0 bridgehead atoms. The second kappa shape index (κ2) is 4.93. The summed E-state index contributed by atoms with van der Waals surface area (Å²) in [4.78, 5) is 12.7. The first kappa shape index (κ1) is 12.0. The molecule has 19 heavy (non-hydrogen) atoms. The largest absolute Gasteiger partial charge is 0.360 e. The van der Waals surface area contributed by atoms with E-state index in [4.69, 9.17) is 0 Å². The highest BCUT2D eigenvalue weighted by Gasteiger charge is 2.11. The summed E-state index contributed by atoms with van der Waals surface area (Å²) in [6.07, 6.45) is 3.03. The average molecular weight is 319 g/mol. The Hall–Kier alpha value is -2.02. The summed E-state index contributed by atoms with van der Waals surface area (Å²) in [6, 6.07) is 5.90. The summed E-state index contributed by atoms with van der Waals surface area (Å²) in [7, 11) is 0. The molecule has 0 radical (unpaired) electrons. The Labute approximate surface area is 117 Å². The molecule has 0 fully saturated rings. The van der Waals surface area contributed by atoms with Crippen LogP contribution in [0.3, 0.4) is 0 Å². The highest BCUT2D eigenvalue weighted by Crippen LogP contribution is 2.25. The van der Waals surface area contributed by atoms with Crippen LogP contribution < -0.4 is 5.32 Å². The zero-order chi connectivity index (χ0) is 13.2. The van der Waals surface area contributed by atoms with Crippen LogP contribution in [0.2, 0.25) is 0 Å². The van der Waals surface area contributed by atoms with Crippen molar-refractivity contribution in [2.75, 3.05) is 5.32 Å². The molecule has 0 amide bonds. The van der Waals surface area contributed by atoms with Gasteiger partial charge in [0.25, 0.3) is 0 Å². The zero-order valence-electron chi connectivity index (χ0n) is 10.1. The number of hydrogen-bond donors (Lipinski definition) is 2. The Morgan fingerprint density at radius 3 is 2.89 bits per heavy atom. The number of halogens is 1. The molecular formula is C12H11BrN6. The van der Waals surface area contributed by atoms with Gasteiger partial charge in [0.1, 0.15) is 24.3 Å². The fraction of sp³-hybridized carbons (Fsp3) is 0.167. The molecule has 1 atom stereocenters. The molecule has 2 heterocycles. The predicted molar refractivity (Wildman–Crippen MR) is 75.7 cm³/mol. The van der Waals surface area contributed by atoms with Gasteiger partial charge >= 0.3 is 0 Å². The van der Waals surface area contributed by atoms with Crippen molar-refractivity contribution in [3.05, 3.63) is 41.2 Å². The van der Waals surface area contributed by atoms with E-state index in [-0.39, 0.29) is 6.04 Å². The van der Waals surface area contributed by atoms with Crippen molar-refractivity contribution in [3.8, 4) is 0 Å². The lowest BCUT2D eigenvalue weighted by Crippen LogP contribution is -2.10. The van der Waals surface area contributed by atoms with Crippen molar-refractivity contribution in [2.24, 2.45) is 0 Å². The molecule has 0 aliphatic carbocycles. The third-order valence-electron chi connectivity index (χ3n) is 2.80. The zero-order valence-corrected chi connectivity index (χ0v) is 11.7. The van der Waals surface area contributed by atoms with Gasteiger partial charge in [0.15, 0.2) is 0 Å². The second-order valence-electron chi connectivity index (χ2n) is 4.12. The summed E-state index contributed by atoms with van der Waals surface area (Å²) in [5.74, 6) is 1.55. The fourth-order valence-electron chi connectivity index (χ4n) is 1.84. The number of aromatic nitrogens is 5. The number of H-pyrrole nitrogens is 1. The van der Waals surface area contributed by atoms with E-state index in [1.165, 1.54) is 6.33 Å². The minimum atomic E-state index is -0.00996. The average Bonchev–Trinajstić information content (AvgIpc) is 2.92. The maximum Gasteiger partial charge on any atom is 0.146 e. The fourth-order valence-corrected chi connectivity index (χ4v) is 2.19. The van der Waals surface area contributed by atoms with E-state index >= 15 is 0 Å². The number of rotatable bonds is 3. The third kappa shape index (κ3) is 2.41. The van der Waals surface area contributed by atoms with Gasteiger partial charge in [-0.15, -0.1) is 0 Å². The molecule has 0 spiro atoms. The van der Waals surface area contributed by atoms with Gasteiger partial charge in [-0.2, -0.15) is 5.10 Å². The van der Waals surface area contributed by atoms with Gasteiger partial charge in [-0.25, -0.2) is 15.0 Å². The molecule has 0 aliphatic rings. The molecule has 0 saturated carbocycles. The van der Waals surface area contributed by atoms with Crippen molar-refractivity contribution < 1.29 is 0 Å². The number of aromatic amines is 1. The molecule has 0 saturated heterocycles. The van der Waals surface area contributed by atoms with Crippen LogP contribution in [0.15, 0.2) is 35.3 Å². The van der Waals surface area contributed by atoms with Crippen LogP contribution >= 0.6 is 15.9 Å². The van der Waals surface area contributed by atoms with Gasteiger partial charge in [-0.1, -0.05) is 15.9 Å². The lowest BCUT2D eigenvalue weighted by atomic mass is 10.2. The molecule has 6 nitrogen and oxygen atoms in total. The van der Waals surface area contributed by atoms with Gasteiger partial charge in [-0.05, 0) is 25.1 Å². The highest BCUT2D eigenvalue weighted by atomic mass is 79.9. The molecule has 3 rings (SSSR count). The van der Waals surface area contributed by atoms with Gasteiger partial charge in [0.05, 0.1) is 11.6 Å². The summed E-state index contributed by atoms with van der Waals surface area (Å²) in [6.45, 7) is 1.99. The van der Waals surface area contributed by atoms with E-state index in [0.717, 1.165) is 27.0 Å². The Bertz CT molecular complexity index is 697. The first-order valence-corrected chi connectivity index (χ1v) is 6.55. The lowest BCUT2D eigenvalue weighted by Gasteiger charge is -2.13. The van der Waals surface area contributed by atoms with E-state index in [0.29, 0.717) is 0 Å². The Morgan fingerprint density at radius 2 is 2.11 bits per heavy atom. The first-order valence-electron chi connectivity index (χ1n) is 5.76. The number of nitrogens with zero attached hydrogens (tertiary/aromatic N) is 4. The third-order valence-corrected chi connectivity index (χ3v) is 3.29. The summed E-state index contributed by atoms with van der Waals surface area (Å²) < 4.78 is 0.993. The van der Waals surface area contributed by atoms with E-state index in [9.17, 15) is 0 Å². The Kier molecular flexibility index (Phi) is 3.12. The van der Waals surface area contributed by atoms with E-state index in [2.05, 4.69) is 46.4 Å².